The van der Waals surface area contributed by atoms with E-state index in [1.54, 1.807) is 25.6 Å². The number of pyridine rings is 1. The molecule has 2 radical (unpaired) electrons. The zero-order valence-electron chi connectivity index (χ0n) is 15.4. The number of aliphatic hydroxyl groups excluding tert-OH is 1. The lowest BCUT2D eigenvalue weighted by molar-refractivity contribution is 0.207. The van der Waals surface area contributed by atoms with Gasteiger partial charge in [0.2, 0.25) is 0 Å². The average Bonchev–Trinajstić information content (AvgIpc) is 3.15. The van der Waals surface area contributed by atoms with Gasteiger partial charge in [-0.25, -0.2) is 4.98 Å². The van der Waals surface area contributed by atoms with E-state index in [-0.39, 0.29) is 0 Å². The molecule has 1 unspecified atom stereocenters. The molecule has 0 saturated carbocycles. The molecule has 2 aromatic carbocycles. The summed E-state index contributed by atoms with van der Waals surface area (Å²) in [5.41, 5.74) is 3.51. The van der Waals surface area contributed by atoms with Crippen molar-refractivity contribution in [2.75, 3.05) is 7.11 Å². The molecular weight excluding hydrogens is 351 g/mol. The second-order valence-electron chi connectivity index (χ2n) is 6.46. The van der Waals surface area contributed by atoms with Gasteiger partial charge in [0, 0.05) is 28.9 Å². The summed E-state index contributed by atoms with van der Waals surface area (Å²) in [7, 11) is 7.46. The Hall–Kier alpha value is -3.25. The Morgan fingerprint density at radius 3 is 2.71 bits per heavy atom. The average molecular weight is 370 g/mol. The Labute approximate surface area is 164 Å². The van der Waals surface area contributed by atoms with Gasteiger partial charge >= 0.3 is 0 Å². The highest BCUT2D eigenvalue weighted by Crippen LogP contribution is 2.39. The molecule has 6 heteroatoms. The van der Waals surface area contributed by atoms with Crippen LogP contribution in [0.4, 0.5) is 0 Å². The molecule has 4 aromatic rings. The van der Waals surface area contributed by atoms with Gasteiger partial charge in [0.05, 0.1) is 7.11 Å². The summed E-state index contributed by atoms with van der Waals surface area (Å²) in [6.07, 6.45) is 2.38. The van der Waals surface area contributed by atoms with Crippen LogP contribution in [-0.2, 0) is 6.61 Å². The Bertz CT molecular complexity index is 1100. The summed E-state index contributed by atoms with van der Waals surface area (Å²) in [6, 6.07) is 17.1. The largest absolute Gasteiger partial charge is 0.493 e. The predicted molar refractivity (Wildman–Crippen MR) is 109 cm³/mol. The van der Waals surface area contributed by atoms with Crippen LogP contribution in [0, 0.1) is 0 Å². The maximum atomic E-state index is 11.1. The quantitative estimate of drug-likeness (QED) is 0.512. The van der Waals surface area contributed by atoms with Crippen molar-refractivity contribution < 1.29 is 14.6 Å². The topological polar surface area (TPSA) is 67.4 Å². The highest BCUT2D eigenvalue weighted by atomic mass is 16.5. The second kappa shape index (κ2) is 7.78. The molecule has 5 nitrogen and oxygen atoms in total. The molecular formula is C22H19BN2O3. The Kier molecular flexibility index (Phi) is 5.04. The number of aliphatic hydroxyl groups is 1. The van der Waals surface area contributed by atoms with Crippen LogP contribution < -0.4 is 14.9 Å². The molecule has 4 rings (SSSR count). The van der Waals surface area contributed by atoms with Crippen molar-refractivity contribution in [1.29, 1.82) is 0 Å². The third-order valence-electron chi connectivity index (χ3n) is 4.63. The minimum absolute atomic E-state index is 0.364. The van der Waals surface area contributed by atoms with E-state index in [0.29, 0.717) is 40.3 Å². The van der Waals surface area contributed by atoms with Crippen molar-refractivity contribution in [2.24, 2.45) is 0 Å². The van der Waals surface area contributed by atoms with Crippen LogP contribution in [0.15, 0.2) is 67.0 Å². The van der Waals surface area contributed by atoms with Gasteiger partial charge in [0.15, 0.2) is 11.5 Å². The smallest absolute Gasteiger partial charge is 0.167 e. The summed E-state index contributed by atoms with van der Waals surface area (Å²) in [4.78, 5) is 7.34. The van der Waals surface area contributed by atoms with Crippen LogP contribution in [0.1, 0.15) is 22.8 Å². The number of aromatic amines is 1. The lowest BCUT2D eigenvalue weighted by Crippen LogP contribution is -2.07. The standard InChI is InChI=1S/C22H19BN2O3/c1-27-19-9-5-8-16(21(19)28-13-14-6-3-2-4-7-14)20(26)18-12-25-22-17(18)10-15(23)11-24-22/h2-12,20,26H,13H2,1H3,(H,24,25). The van der Waals surface area contributed by atoms with Crippen LogP contribution in [0.5, 0.6) is 11.5 Å². The van der Waals surface area contributed by atoms with E-state index in [0.717, 1.165) is 10.9 Å². The Balaban J connectivity index is 1.72. The maximum absolute atomic E-state index is 11.1. The summed E-state index contributed by atoms with van der Waals surface area (Å²) in [5.74, 6) is 1.07. The number of hydrogen-bond acceptors (Lipinski definition) is 4. The van der Waals surface area contributed by atoms with E-state index in [2.05, 4.69) is 9.97 Å². The number of nitrogens with one attached hydrogen (secondary N) is 1. The van der Waals surface area contributed by atoms with Crippen LogP contribution in [0.2, 0.25) is 0 Å². The fraction of sp³-hybridized carbons (Fsp3) is 0.136. The highest BCUT2D eigenvalue weighted by Gasteiger charge is 2.22. The van der Waals surface area contributed by atoms with Crippen molar-refractivity contribution in [2.45, 2.75) is 12.7 Å². The second-order valence-corrected chi connectivity index (χ2v) is 6.46. The van der Waals surface area contributed by atoms with E-state index >= 15 is 0 Å². The minimum atomic E-state index is -0.932. The number of benzene rings is 2. The van der Waals surface area contributed by atoms with E-state index in [9.17, 15) is 5.11 Å². The molecule has 2 heterocycles. The fourth-order valence-corrected chi connectivity index (χ4v) is 3.23. The van der Waals surface area contributed by atoms with Gasteiger partial charge in [-0.3, -0.25) is 0 Å². The molecule has 0 amide bonds. The summed E-state index contributed by atoms with van der Waals surface area (Å²) in [5, 5.41) is 11.9. The van der Waals surface area contributed by atoms with Gasteiger partial charge in [0.1, 0.15) is 26.2 Å². The Morgan fingerprint density at radius 1 is 1.11 bits per heavy atom. The van der Waals surface area contributed by atoms with Crippen molar-refractivity contribution in [3.63, 3.8) is 0 Å². The molecule has 2 N–H and O–H groups in total. The summed E-state index contributed by atoms with van der Waals surface area (Å²) >= 11 is 0. The molecule has 0 bridgehead atoms. The van der Waals surface area contributed by atoms with Crippen molar-refractivity contribution in [3.8, 4) is 11.5 Å². The third-order valence-corrected chi connectivity index (χ3v) is 4.63. The van der Waals surface area contributed by atoms with E-state index in [1.807, 2.05) is 48.5 Å². The molecule has 0 fully saturated rings. The van der Waals surface area contributed by atoms with Crippen molar-refractivity contribution in [3.05, 3.63) is 83.7 Å². The van der Waals surface area contributed by atoms with E-state index < -0.39 is 6.10 Å². The van der Waals surface area contributed by atoms with Gasteiger partial charge < -0.3 is 19.6 Å². The Morgan fingerprint density at radius 2 is 1.93 bits per heavy atom. The van der Waals surface area contributed by atoms with Crippen molar-refractivity contribution in [1.82, 2.24) is 9.97 Å². The number of H-pyrrole nitrogens is 1. The minimum Gasteiger partial charge on any atom is -0.493 e. The molecule has 0 spiro atoms. The summed E-state index contributed by atoms with van der Waals surface area (Å²) < 4.78 is 11.5. The summed E-state index contributed by atoms with van der Waals surface area (Å²) in [6.45, 7) is 0.364. The first kappa shape index (κ1) is 18.1. The molecule has 2 aromatic heterocycles. The van der Waals surface area contributed by atoms with Crippen LogP contribution >= 0.6 is 0 Å². The molecule has 0 aliphatic heterocycles. The van der Waals surface area contributed by atoms with Crippen molar-refractivity contribution >= 4 is 24.3 Å². The predicted octanol–water partition coefficient (Wildman–Crippen LogP) is 3.03. The number of para-hydroxylation sites is 1. The number of rotatable bonds is 6. The van der Waals surface area contributed by atoms with E-state index in [4.69, 9.17) is 17.3 Å². The molecule has 28 heavy (non-hydrogen) atoms. The van der Waals surface area contributed by atoms with E-state index in [1.165, 1.54) is 0 Å². The molecule has 0 aliphatic carbocycles. The molecule has 0 saturated heterocycles. The van der Waals surface area contributed by atoms with Crippen LogP contribution in [0.3, 0.4) is 0 Å². The number of ether oxygens (including phenoxy) is 2. The lowest BCUT2D eigenvalue weighted by Gasteiger charge is -2.18. The monoisotopic (exact) mass is 370 g/mol. The molecule has 0 aliphatic rings. The van der Waals surface area contributed by atoms with Gasteiger partial charge in [-0.05, 0) is 11.6 Å². The number of hydrogen-bond donors (Lipinski definition) is 2. The zero-order valence-corrected chi connectivity index (χ0v) is 15.4. The maximum Gasteiger partial charge on any atom is 0.167 e. The normalized spacial score (nSPS) is 12.1. The SMILES string of the molecule is [B]c1cnc2[nH]cc(C(O)c3cccc(OC)c3OCc3ccccc3)c2c1. The van der Waals surface area contributed by atoms with Gasteiger partial charge in [-0.1, -0.05) is 54.0 Å². The lowest BCUT2D eigenvalue weighted by atomic mass is 9.95. The number of aromatic nitrogens is 2. The number of nitrogens with zero attached hydrogens (tertiary/aromatic N) is 1. The number of methoxy groups -OCH3 is 1. The fourth-order valence-electron chi connectivity index (χ4n) is 3.23. The first-order valence-corrected chi connectivity index (χ1v) is 8.91. The highest BCUT2D eigenvalue weighted by molar-refractivity contribution is 6.32. The number of fused-ring (bicyclic) bond motifs is 1. The molecule has 138 valence electrons. The van der Waals surface area contributed by atoms with Crippen LogP contribution in [0.25, 0.3) is 11.0 Å². The van der Waals surface area contributed by atoms with Gasteiger partial charge in [-0.2, -0.15) is 0 Å². The first-order valence-electron chi connectivity index (χ1n) is 8.91. The van der Waals surface area contributed by atoms with Gasteiger partial charge in [-0.15, -0.1) is 0 Å². The third kappa shape index (κ3) is 3.46. The first-order chi connectivity index (χ1) is 13.7. The molecule has 1 atom stereocenters. The zero-order chi connectivity index (χ0) is 19.5. The van der Waals surface area contributed by atoms with Crippen LogP contribution in [-0.4, -0.2) is 30.0 Å². The van der Waals surface area contributed by atoms with Gasteiger partial charge in [0.25, 0.3) is 0 Å².